The van der Waals surface area contributed by atoms with Gasteiger partial charge in [-0.2, -0.15) is 23.5 Å². The van der Waals surface area contributed by atoms with Crippen molar-refractivity contribution in [2.45, 2.75) is 58.1 Å². The van der Waals surface area contributed by atoms with Gasteiger partial charge in [0.25, 0.3) is 5.91 Å². The smallest absolute Gasteiger partial charge is 0.425 e. The molecule has 1 unspecified atom stereocenters. The van der Waals surface area contributed by atoms with Crippen molar-refractivity contribution in [3.8, 4) is 11.8 Å². The first-order chi connectivity index (χ1) is 14.2. The summed E-state index contributed by atoms with van der Waals surface area (Å²) in [4.78, 5) is 14.6. The molecule has 158 valence electrons. The molecule has 0 saturated heterocycles. The summed E-state index contributed by atoms with van der Waals surface area (Å²) in [5.41, 5.74) is 1.85. The van der Waals surface area contributed by atoms with Crippen molar-refractivity contribution in [2.24, 2.45) is 5.92 Å². The van der Waals surface area contributed by atoms with Gasteiger partial charge in [-0.25, -0.2) is 0 Å². The minimum absolute atomic E-state index is 0.0577. The van der Waals surface area contributed by atoms with Crippen molar-refractivity contribution in [1.82, 2.24) is 14.7 Å². The first-order valence-electron chi connectivity index (χ1n) is 9.86. The van der Waals surface area contributed by atoms with Crippen LogP contribution < -0.4 is 4.74 Å². The summed E-state index contributed by atoms with van der Waals surface area (Å²) in [6.45, 7) is 2.35. The maximum absolute atomic E-state index is 13.1. The van der Waals surface area contributed by atoms with E-state index < -0.39 is 18.2 Å². The Balaban J connectivity index is 1.52. The molecule has 1 saturated carbocycles. The number of carbonyl (C=O) groups is 1. The van der Waals surface area contributed by atoms with Gasteiger partial charge < -0.3 is 9.64 Å². The van der Waals surface area contributed by atoms with Gasteiger partial charge in [0.2, 0.25) is 0 Å². The van der Waals surface area contributed by atoms with E-state index in [0.717, 1.165) is 24.7 Å². The fourth-order valence-electron chi connectivity index (χ4n) is 3.68. The molecule has 1 aromatic heterocycles. The Morgan fingerprint density at radius 3 is 2.73 bits per heavy atom. The molecule has 1 amide bonds. The lowest BCUT2D eigenvalue weighted by Crippen LogP contribution is -2.32. The van der Waals surface area contributed by atoms with E-state index in [4.69, 9.17) is 10.00 Å². The van der Waals surface area contributed by atoms with Crippen LogP contribution in [0.15, 0.2) is 24.4 Å². The molecule has 1 aromatic carbocycles. The molecular formula is C21H21F3N4O2. The zero-order chi connectivity index (χ0) is 21.5. The summed E-state index contributed by atoms with van der Waals surface area (Å²) in [6, 6.07) is 5.75. The largest absolute Gasteiger partial charge is 0.480 e. The third-order valence-corrected chi connectivity index (χ3v) is 5.69. The van der Waals surface area contributed by atoms with Crippen LogP contribution in [-0.2, 0) is 19.6 Å². The van der Waals surface area contributed by atoms with Crippen LogP contribution in [0.4, 0.5) is 13.2 Å². The molecule has 0 radical (unpaired) electrons. The van der Waals surface area contributed by atoms with Gasteiger partial charge in [-0.15, -0.1) is 0 Å². The summed E-state index contributed by atoms with van der Waals surface area (Å²) in [6.07, 6.45) is -1.03. The van der Waals surface area contributed by atoms with Crippen molar-refractivity contribution >= 4 is 5.91 Å². The predicted octanol–water partition coefficient (Wildman–Crippen LogP) is 4.04. The Morgan fingerprint density at radius 1 is 1.37 bits per heavy atom. The third-order valence-electron chi connectivity index (χ3n) is 5.69. The number of hydrogen-bond donors (Lipinski definition) is 0. The van der Waals surface area contributed by atoms with E-state index in [-0.39, 0.29) is 23.4 Å². The maximum atomic E-state index is 13.1. The normalized spacial score (nSPS) is 17.2. The Kier molecular flexibility index (Phi) is 5.18. The van der Waals surface area contributed by atoms with Gasteiger partial charge >= 0.3 is 6.18 Å². The Bertz CT molecular complexity index is 981. The Morgan fingerprint density at radius 2 is 2.13 bits per heavy atom. The summed E-state index contributed by atoms with van der Waals surface area (Å²) < 4.78 is 45.7. The second-order valence-electron chi connectivity index (χ2n) is 7.91. The van der Waals surface area contributed by atoms with Crippen LogP contribution in [0.3, 0.4) is 0 Å². The number of rotatable bonds is 5. The van der Waals surface area contributed by atoms with Crippen molar-refractivity contribution in [3.63, 3.8) is 0 Å². The molecule has 2 aromatic rings. The quantitative estimate of drug-likeness (QED) is 0.735. The monoisotopic (exact) mass is 418 g/mol. The number of halogens is 3. The van der Waals surface area contributed by atoms with E-state index in [0.29, 0.717) is 12.5 Å². The average molecular weight is 418 g/mol. The van der Waals surface area contributed by atoms with E-state index in [9.17, 15) is 18.0 Å². The van der Waals surface area contributed by atoms with E-state index in [2.05, 4.69) is 5.10 Å². The molecule has 2 aliphatic rings. The highest BCUT2D eigenvalue weighted by Crippen LogP contribution is 2.32. The number of nitriles is 1. The van der Waals surface area contributed by atoms with Crippen LogP contribution in [0, 0.1) is 17.2 Å². The van der Waals surface area contributed by atoms with E-state index in [1.807, 2.05) is 16.9 Å². The lowest BCUT2D eigenvalue weighted by Gasteiger charge is -2.25. The molecule has 9 heteroatoms. The molecule has 0 N–H and O–H groups in total. The van der Waals surface area contributed by atoms with E-state index >= 15 is 0 Å². The molecule has 1 fully saturated rings. The van der Waals surface area contributed by atoms with E-state index in [1.165, 1.54) is 42.4 Å². The van der Waals surface area contributed by atoms with Gasteiger partial charge in [0.1, 0.15) is 5.75 Å². The lowest BCUT2D eigenvalue weighted by atomic mass is 9.85. The summed E-state index contributed by atoms with van der Waals surface area (Å²) in [5, 5.41) is 13.7. The molecule has 6 nitrogen and oxygen atoms in total. The maximum Gasteiger partial charge on any atom is 0.425 e. The molecule has 1 aliphatic carbocycles. The molecule has 1 atom stereocenters. The van der Waals surface area contributed by atoms with Gasteiger partial charge in [-0.3, -0.25) is 9.48 Å². The Labute approximate surface area is 171 Å². The molecule has 0 spiro atoms. The number of alkyl halides is 3. The molecule has 2 heterocycles. The second-order valence-corrected chi connectivity index (χ2v) is 7.91. The molecule has 4 rings (SSSR count). The van der Waals surface area contributed by atoms with Crippen LogP contribution in [0.1, 0.15) is 53.4 Å². The number of fused-ring (bicyclic) bond motifs is 1. The number of ether oxygens (including phenoxy) is 1. The summed E-state index contributed by atoms with van der Waals surface area (Å²) >= 11 is 0. The van der Waals surface area contributed by atoms with Crippen LogP contribution >= 0.6 is 0 Å². The number of hydrogen-bond acceptors (Lipinski definition) is 4. The molecule has 30 heavy (non-hydrogen) atoms. The van der Waals surface area contributed by atoms with Gasteiger partial charge in [0.05, 0.1) is 29.4 Å². The average Bonchev–Trinajstić information content (AvgIpc) is 3.22. The highest BCUT2D eigenvalue weighted by atomic mass is 19.4. The van der Waals surface area contributed by atoms with Crippen molar-refractivity contribution < 1.29 is 22.7 Å². The SMILES string of the molecule is CC(Oc1ccc(C#N)cc1C(=O)N1Cc2cn(CC3CCC3)nc2C1)C(F)(F)F. The van der Waals surface area contributed by atoms with Crippen LogP contribution in [-0.4, -0.2) is 32.9 Å². The third kappa shape index (κ3) is 3.99. The fraction of sp³-hybridized carbons (Fsp3) is 0.476. The minimum Gasteiger partial charge on any atom is -0.480 e. The Hall–Kier alpha value is -3.02. The number of benzene rings is 1. The van der Waals surface area contributed by atoms with Crippen molar-refractivity contribution in [1.29, 1.82) is 5.26 Å². The predicted molar refractivity (Wildman–Crippen MR) is 100 cm³/mol. The van der Waals surface area contributed by atoms with Crippen molar-refractivity contribution in [3.05, 3.63) is 46.8 Å². The summed E-state index contributed by atoms with van der Waals surface area (Å²) in [7, 11) is 0. The first-order valence-corrected chi connectivity index (χ1v) is 9.86. The zero-order valence-corrected chi connectivity index (χ0v) is 16.4. The fourth-order valence-corrected chi connectivity index (χ4v) is 3.68. The highest BCUT2D eigenvalue weighted by Gasteiger charge is 2.39. The molecule has 1 aliphatic heterocycles. The second kappa shape index (κ2) is 7.67. The van der Waals surface area contributed by atoms with Crippen LogP contribution in [0.25, 0.3) is 0 Å². The molecule has 0 bridgehead atoms. The standard InChI is InChI=1S/C21H21F3N4O2/c1-13(21(22,23)24)30-19-6-5-15(8-25)7-17(19)20(29)27-10-16-11-28(26-18(16)12-27)9-14-3-2-4-14/h5-7,11,13-14H,2-4,9-10,12H2,1H3. The zero-order valence-electron chi connectivity index (χ0n) is 16.4. The highest BCUT2D eigenvalue weighted by molar-refractivity contribution is 5.97. The van der Waals surface area contributed by atoms with Gasteiger partial charge in [-0.05, 0) is 43.9 Å². The topological polar surface area (TPSA) is 71.2 Å². The van der Waals surface area contributed by atoms with Crippen molar-refractivity contribution in [2.75, 3.05) is 0 Å². The van der Waals surface area contributed by atoms with Crippen LogP contribution in [0.2, 0.25) is 0 Å². The van der Waals surface area contributed by atoms with Gasteiger partial charge in [0, 0.05) is 24.8 Å². The number of aromatic nitrogens is 2. The number of carbonyl (C=O) groups excluding carboxylic acids is 1. The van der Waals surface area contributed by atoms with Gasteiger partial charge in [-0.1, -0.05) is 6.42 Å². The molecular weight excluding hydrogens is 397 g/mol. The first kappa shape index (κ1) is 20.3. The van der Waals surface area contributed by atoms with Crippen LogP contribution in [0.5, 0.6) is 5.75 Å². The lowest BCUT2D eigenvalue weighted by molar-refractivity contribution is -0.189. The minimum atomic E-state index is -4.57. The van der Waals surface area contributed by atoms with Gasteiger partial charge in [0.15, 0.2) is 6.10 Å². The summed E-state index contributed by atoms with van der Waals surface area (Å²) in [5.74, 6) is -0.0183. The van der Waals surface area contributed by atoms with E-state index in [1.54, 1.807) is 0 Å². The number of nitrogens with zero attached hydrogens (tertiary/aromatic N) is 4. The number of amides is 1.